The molecule has 0 aliphatic carbocycles. The first-order valence-electron chi connectivity index (χ1n) is 6.24. The predicted octanol–water partition coefficient (Wildman–Crippen LogP) is 3.65. The lowest BCUT2D eigenvalue weighted by Crippen LogP contribution is -1.97. The van der Waals surface area contributed by atoms with E-state index in [-0.39, 0.29) is 5.78 Å². The minimum absolute atomic E-state index is 0.0374. The van der Waals surface area contributed by atoms with Crippen LogP contribution in [0.5, 0.6) is 11.5 Å². The number of Topliss-reactive ketones (excluding diaryl/α,β-unsaturated/α-hetero) is 1. The molecule has 0 saturated carbocycles. The minimum Gasteiger partial charge on any atom is -0.497 e. The first kappa shape index (κ1) is 13.9. The first-order valence-corrected chi connectivity index (χ1v) is 6.24. The minimum atomic E-state index is 0.0374. The van der Waals surface area contributed by atoms with Gasteiger partial charge in [-0.3, -0.25) is 4.79 Å². The van der Waals surface area contributed by atoms with E-state index >= 15 is 0 Å². The summed E-state index contributed by atoms with van der Waals surface area (Å²) < 4.78 is 10.5. The van der Waals surface area contributed by atoms with Crippen LogP contribution in [-0.2, 0) is 0 Å². The van der Waals surface area contributed by atoms with Crippen molar-refractivity contribution in [3.8, 4) is 11.5 Å². The predicted molar refractivity (Wildman–Crippen MR) is 79.3 cm³/mol. The lowest BCUT2D eigenvalue weighted by molar-refractivity contribution is 0.101. The molecule has 2 aromatic rings. The topological polar surface area (TPSA) is 47.6 Å². The number of rotatable bonds is 5. The zero-order valence-electron chi connectivity index (χ0n) is 11.8. The number of anilines is 2. The Balaban J connectivity index is 2.29. The number of carbonyl (C=O) groups is 1. The van der Waals surface area contributed by atoms with E-state index in [4.69, 9.17) is 9.47 Å². The van der Waals surface area contributed by atoms with Gasteiger partial charge in [0.05, 0.1) is 19.9 Å². The average Bonchev–Trinajstić information content (AvgIpc) is 2.48. The SMILES string of the molecule is COc1ccc(Nc2cccc(C(C)=O)c2)c(OC)c1. The fourth-order valence-corrected chi connectivity index (χ4v) is 1.87. The molecule has 104 valence electrons. The summed E-state index contributed by atoms with van der Waals surface area (Å²) in [5.74, 6) is 1.44. The van der Waals surface area contributed by atoms with Gasteiger partial charge in [-0.25, -0.2) is 0 Å². The maximum absolute atomic E-state index is 11.4. The molecule has 0 fully saturated rings. The van der Waals surface area contributed by atoms with Crippen molar-refractivity contribution in [3.05, 3.63) is 48.0 Å². The summed E-state index contributed by atoms with van der Waals surface area (Å²) in [4.78, 5) is 11.4. The molecule has 0 saturated heterocycles. The fourth-order valence-electron chi connectivity index (χ4n) is 1.87. The highest BCUT2D eigenvalue weighted by atomic mass is 16.5. The molecule has 0 bridgehead atoms. The van der Waals surface area contributed by atoms with Gasteiger partial charge in [0.1, 0.15) is 11.5 Å². The van der Waals surface area contributed by atoms with Crippen molar-refractivity contribution in [2.24, 2.45) is 0 Å². The second-order valence-electron chi connectivity index (χ2n) is 4.33. The van der Waals surface area contributed by atoms with Crippen LogP contribution in [0.25, 0.3) is 0 Å². The first-order chi connectivity index (χ1) is 9.63. The summed E-state index contributed by atoms with van der Waals surface area (Å²) in [5.41, 5.74) is 2.32. The Morgan fingerprint density at radius 3 is 2.50 bits per heavy atom. The summed E-state index contributed by atoms with van der Waals surface area (Å²) in [5, 5.41) is 3.24. The number of hydrogen-bond acceptors (Lipinski definition) is 4. The molecule has 0 atom stereocenters. The molecule has 4 nitrogen and oxygen atoms in total. The quantitative estimate of drug-likeness (QED) is 0.843. The number of benzene rings is 2. The summed E-state index contributed by atoms with van der Waals surface area (Å²) in [6.07, 6.45) is 0. The maximum atomic E-state index is 11.4. The molecule has 0 aliphatic heterocycles. The molecule has 0 unspecified atom stereocenters. The van der Waals surface area contributed by atoms with E-state index in [1.807, 2.05) is 30.3 Å². The Hall–Kier alpha value is -2.49. The smallest absolute Gasteiger partial charge is 0.159 e. The molecule has 1 N–H and O–H groups in total. The molecular weight excluding hydrogens is 254 g/mol. The molecule has 0 amide bonds. The normalized spacial score (nSPS) is 9.95. The third-order valence-electron chi connectivity index (χ3n) is 2.96. The van der Waals surface area contributed by atoms with Crippen molar-refractivity contribution in [2.75, 3.05) is 19.5 Å². The van der Waals surface area contributed by atoms with Gasteiger partial charge in [0.25, 0.3) is 0 Å². The Labute approximate surface area is 118 Å². The summed E-state index contributed by atoms with van der Waals surface area (Å²) in [6, 6.07) is 12.9. The number of carbonyl (C=O) groups excluding carboxylic acids is 1. The Morgan fingerprint density at radius 1 is 1.05 bits per heavy atom. The highest BCUT2D eigenvalue weighted by Crippen LogP contribution is 2.31. The van der Waals surface area contributed by atoms with Crippen LogP contribution in [0.15, 0.2) is 42.5 Å². The lowest BCUT2D eigenvalue weighted by Gasteiger charge is -2.13. The highest BCUT2D eigenvalue weighted by molar-refractivity contribution is 5.95. The zero-order chi connectivity index (χ0) is 14.5. The highest BCUT2D eigenvalue weighted by Gasteiger charge is 2.06. The van der Waals surface area contributed by atoms with Crippen molar-refractivity contribution in [3.63, 3.8) is 0 Å². The number of ketones is 1. The van der Waals surface area contributed by atoms with E-state index in [0.29, 0.717) is 11.3 Å². The number of methoxy groups -OCH3 is 2. The molecule has 0 radical (unpaired) electrons. The third kappa shape index (κ3) is 3.09. The number of ether oxygens (including phenoxy) is 2. The van der Waals surface area contributed by atoms with E-state index in [1.165, 1.54) is 0 Å². The molecular formula is C16H17NO3. The summed E-state index contributed by atoms with van der Waals surface area (Å²) >= 11 is 0. The van der Waals surface area contributed by atoms with Gasteiger partial charge in [-0.05, 0) is 31.2 Å². The van der Waals surface area contributed by atoms with E-state index in [1.54, 1.807) is 33.3 Å². The molecule has 4 heteroatoms. The van der Waals surface area contributed by atoms with Crippen LogP contribution in [0.4, 0.5) is 11.4 Å². The van der Waals surface area contributed by atoms with E-state index < -0.39 is 0 Å². The molecule has 0 aliphatic rings. The molecule has 0 spiro atoms. The van der Waals surface area contributed by atoms with Gasteiger partial charge in [0.15, 0.2) is 5.78 Å². The van der Waals surface area contributed by atoms with Crippen molar-refractivity contribution in [1.29, 1.82) is 0 Å². The van der Waals surface area contributed by atoms with Gasteiger partial charge in [-0.1, -0.05) is 12.1 Å². The second kappa shape index (κ2) is 6.10. The van der Waals surface area contributed by atoms with Crippen LogP contribution in [0.1, 0.15) is 17.3 Å². The van der Waals surface area contributed by atoms with E-state index in [9.17, 15) is 4.79 Å². The van der Waals surface area contributed by atoms with Crippen molar-refractivity contribution < 1.29 is 14.3 Å². The zero-order valence-corrected chi connectivity index (χ0v) is 11.8. The number of nitrogens with one attached hydrogen (secondary N) is 1. The summed E-state index contributed by atoms with van der Waals surface area (Å²) in [7, 11) is 3.21. The summed E-state index contributed by atoms with van der Waals surface area (Å²) in [6.45, 7) is 1.55. The molecule has 20 heavy (non-hydrogen) atoms. The van der Waals surface area contributed by atoms with Crippen LogP contribution in [0.3, 0.4) is 0 Å². The second-order valence-corrected chi connectivity index (χ2v) is 4.33. The van der Waals surface area contributed by atoms with Crippen LogP contribution in [0.2, 0.25) is 0 Å². The Bertz CT molecular complexity index is 623. The number of hydrogen-bond donors (Lipinski definition) is 1. The van der Waals surface area contributed by atoms with Crippen LogP contribution in [-0.4, -0.2) is 20.0 Å². The maximum Gasteiger partial charge on any atom is 0.159 e. The van der Waals surface area contributed by atoms with Crippen molar-refractivity contribution in [2.45, 2.75) is 6.92 Å². The molecule has 2 aromatic carbocycles. The standard InChI is InChI=1S/C16H17NO3/c1-11(18)12-5-4-6-13(9-12)17-15-8-7-14(19-2)10-16(15)20-3/h4-10,17H,1-3H3. The average molecular weight is 271 g/mol. The van der Waals surface area contributed by atoms with Crippen LogP contribution < -0.4 is 14.8 Å². The van der Waals surface area contributed by atoms with E-state index in [2.05, 4.69) is 5.32 Å². The van der Waals surface area contributed by atoms with Gasteiger partial charge in [0, 0.05) is 17.3 Å². The fraction of sp³-hybridized carbons (Fsp3) is 0.188. The van der Waals surface area contributed by atoms with Gasteiger partial charge >= 0.3 is 0 Å². The Kier molecular flexibility index (Phi) is 4.25. The van der Waals surface area contributed by atoms with E-state index in [0.717, 1.165) is 17.1 Å². The van der Waals surface area contributed by atoms with Gasteiger partial charge in [-0.15, -0.1) is 0 Å². The molecule has 0 heterocycles. The largest absolute Gasteiger partial charge is 0.497 e. The van der Waals surface area contributed by atoms with Gasteiger partial charge < -0.3 is 14.8 Å². The van der Waals surface area contributed by atoms with Crippen molar-refractivity contribution in [1.82, 2.24) is 0 Å². The van der Waals surface area contributed by atoms with Gasteiger partial charge in [-0.2, -0.15) is 0 Å². The molecule has 2 rings (SSSR count). The van der Waals surface area contributed by atoms with Gasteiger partial charge in [0.2, 0.25) is 0 Å². The lowest BCUT2D eigenvalue weighted by atomic mass is 10.1. The van der Waals surface area contributed by atoms with Crippen LogP contribution >= 0.6 is 0 Å². The molecule has 0 aromatic heterocycles. The monoisotopic (exact) mass is 271 g/mol. The third-order valence-corrected chi connectivity index (χ3v) is 2.96. The van der Waals surface area contributed by atoms with Crippen molar-refractivity contribution >= 4 is 17.2 Å². The Morgan fingerprint density at radius 2 is 1.85 bits per heavy atom. The van der Waals surface area contributed by atoms with Crippen LogP contribution in [0, 0.1) is 0 Å².